The highest BCUT2D eigenvalue weighted by molar-refractivity contribution is 7.24. The largest absolute Gasteiger partial charge is 0.477 e. The van der Waals surface area contributed by atoms with E-state index in [0.717, 1.165) is 97.8 Å². The molecule has 1 N–H and O–H groups in total. The van der Waals surface area contributed by atoms with Gasteiger partial charge in [0.05, 0.1) is 22.4 Å². The SMILES string of the molecule is CCCCCCc1cc(-c2ccc(-c3cc(CCCCCC)c(-c4ccc(/C=C(\C#N)C(=O)O)s4)s3)c3nc(-c4ccccc4)c(-c4ccccc4)nc23)sc1-c1ccc2c(c1)C1CCCC1N2c1ccc(C)cc1. The first kappa shape index (κ1) is 50.2. The topological polar surface area (TPSA) is 90.1 Å². The van der Waals surface area contributed by atoms with E-state index in [-0.39, 0.29) is 5.57 Å². The summed E-state index contributed by atoms with van der Waals surface area (Å²) in [6.45, 7) is 6.70. The number of thiophene rings is 3. The number of hydrogen-bond donors (Lipinski definition) is 1. The highest BCUT2D eigenvalue weighted by atomic mass is 32.1. The van der Waals surface area contributed by atoms with Crippen molar-refractivity contribution < 1.29 is 9.90 Å². The molecule has 11 rings (SSSR count). The van der Waals surface area contributed by atoms with Gasteiger partial charge in [0.15, 0.2) is 0 Å². The van der Waals surface area contributed by atoms with Gasteiger partial charge in [0, 0.05) is 74.9 Å². The van der Waals surface area contributed by atoms with Crippen molar-refractivity contribution in [2.45, 2.75) is 116 Å². The van der Waals surface area contributed by atoms with E-state index < -0.39 is 5.97 Å². The van der Waals surface area contributed by atoms with E-state index in [9.17, 15) is 15.2 Å². The first-order valence-corrected chi connectivity index (χ1v) is 29.4. The third kappa shape index (κ3) is 10.3. The van der Waals surface area contributed by atoms with Gasteiger partial charge < -0.3 is 10.0 Å². The number of aliphatic carboxylic acids is 1. The highest BCUT2D eigenvalue weighted by Crippen LogP contribution is 2.54. The van der Waals surface area contributed by atoms with Crippen LogP contribution in [0.1, 0.15) is 118 Å². The molecule has 75 heavy (non-hydrogen) atoms. The Kier molecular flexibility index (Phi) is 15.1. The number of aromatic nitrogens is 2. The van der Waals surface area contributed by atoms with Gasteiger partial charge in [0.25, 0.3) is 0 Å². The monoisotopic (exact) mass is 1040 g/mol. The van der Waals surface area contributed by atoms with Crippen molar-refractivity contribution in [3.8, 4) is 69.7 Å². The third-order valence-corrected chi connectivity index (χ3v) is 18.9. The Morgan fingerprint density at radius 3 is 1.84 bits per heavy atom. The summed E-state index contributed by atoms with van der Waals surface area (Å²) in [5.41, 5.74) is 16.8. The van der Waals surface area contributed by atoms with Crippen molar-refractivity contribution >= 4 is 68.5 Å². The molecule has 9 aromatic rings. The minimum atomic E-state index is -1.22. The lowest BCUT2D eigenvalue weighted by molar-refractivity contribution is -0.132. The molecule has 6 nitrogen and oxygen atoms in total. The molecule has 0 amide bonds. The average molecular weight is 1040 g/mol. The summed E-state index contributed by atoms with van der Waals surface area (Å²) in [5, 5.41) is 19.2. The number of carboxylic acids is 1. The fraction of sp³-hybridized carbons (Fsp3) is 0.273. The van der Waals surface area contributed by atoms with Gasteiger partial charge in [-0.2, -0.15) is 5.26 Å². The van der Waals surface area contributed by atoms with Crippen molar-refractivity contribution in [1.29, 1.82) is 5.26 Å². The maximum atomic E-state index is 11.8. The van der Waals surface area contributed by atoms with Crippen molar-refractivity contribution in [3.05, 3.63) is 172 Å². The Labute approximate surface area is 453 Å². The summed E-state index contributed by atoms with van der Waals surface area (Å²) in [6.07, 6.45) is 16.5. The molecule has 0 spiro atoms. The number of unbranched alkanes of at least 4 members (excludes halogenated alkanes) is 6. The molecular formula is C66H62N4O2S3. The van der Waals surface area contributed by atoms with Crippen molar-refractivity contribution in [2.24, 2.45) is 0 Å². The molecule has 2 unspecified atom stereocenters. The zero-order valence-corrected chi connectivity index (χ0v) is 45.5. The lowest BCUT2D eigenvalue weighted by Gasteiger charge is -2.27. The number of carbonyl (C=O) groups is 1. The van der Waals surface area contributed by atoms with Crippen molar-refractivity contribution in [1.82, 2.24) is 9.97 Å². The first-order valence-electron chi connectivity index (χ1n) is 27.0. The highest BCUT2D eigenvalue weighted by Gasteiger charge is 2.42. The molecule has 2 aliphatic rings. The van der Waals surface area contributed by atoms with Crippen molar-refractivity contribution in [3.63, 3.8) is 0 Å². The number of nitriles is 1. The van der Waals surface area contributed by atoms with Crippen LogP contribution in [0, 0.1) is 18.3 Å². The zero-order chi connectivity index (χ0) is 51.4. The van der Waals surface area contributed by atoms with Crippen molar-refractivity contribution in [2.75, 3.05) is 4.90 Å². The van der Waals surface area contributed by atoms with Gasteiger partial charge in [0.2, 0.25) is 0 Å². The van der Waals surface area contributed by atoms with Crippen LogP contribution in [0.15, 0.2) is 145 Å². The molecule has 1 aliphatic carbocycles. The quantitative estimate of drug-likeness (QED) is 0.0493. The lowest BCUT2D eigenvalue weighted by atomic mass is 9.94. The van der Waals surface area contributed by atoms with E-state index in [4.69, 9.17) is 9.97 Å². The fourth-order valence-electron chi connectivity index (χ4n) is 11.4. The first-order chi connectivity index (χ1) is 36.8. The average Bonchev–Trinajstić information content (AvgIpc) is 4.31. The maximum absolute atomic E-state index is 11.8. The molecule has 0 bridgehead atoms. The maximum Gasteiger partial charge on any atom is 0.346 e. The predicted octanol–water partition coefficient (Wildman–Crippen LogP) is 19.1. The van der Waals surface area contributed by atoms with E-state index in [0.29, 0.717) is 12.0 Å². The van der Waals surface area contributed by atoms with Crippen LogP contribution in [-0.2, 0) is 17.6 Å². The smallest absolute Gasteiger partial charge is 0.346 e. The standard InChI is InChI=1S/C66H62N4O2S3/c1-4-6-8-12-23-45-39-58(74-64(45)47-29-35-56-54(38-47)51-25-18-26-55(51)70(56)49-30-27-42(3)28-31-49)52-33-34-53(63-62(52)68-60(43-19-14-10-15-20-43)61(69-63)44-21-16-11-17-22-44)59-40-46(24-13-9-7-5-2)65(75-59)57-36-32-50(73-57)37-48(41-67)66(71)72/h10-11,14-17,19-22,27-40,51,55H,4-9,12-13,18,23-26H2,1-3H3,(H,71,72)/b48-37+. The molecule has 376 valence electrons. The molecule has 9 heteroatoms. The Hall–Kier alpha value is -6.96. The van der Waals surface area contributed by atoms with Crippen LogP contribution in [-0.4, -0.2) is 27.1 Å². The van der Waals surface area contributed by atoms with E-state index in [1.54, 1.807) is 11.3 Å². The molecule has 4 aromatic heterocycles. The number of anilines is 2. The Morgan fingerprint density at radius 2 is 1.25 bits per heavy atom. The summed E-state index contributed by atoms with van der Waals surface area (Å²) in [4.78, 5) is 32.6. The molecular weight excluding hydrogens is 977 g/mol. The summed E-state index contributed by atoms with van der Waals surface area (Å²) in [6, 6.07) is 53.2. The zero-order valence-electron chi connectivity index (χ0n) is 43.1. The fourth-order valence-corrected chi connectivity index (χ4v) is 15.0. The van der Waals surface area contributed by atoms with E-state index in [1.807, 2.05) is 23.5 Å². The molecule has 0 saturated heterocycles. The van der Waals surface area contributed by atoms with E-state index in [2.05, 4.69) is 159 Å². The molecule has 1 aliphatic heterocycles. The van der Waals surface area contributed by atoms with Gasteiger partial charge in [-0.3, -0.25) is 0 Å². The van der Waals surface area contributed by atoms with Gasteiger partial charge in [-0.1, -0.05) is 155 Å². The van der Waals surface area contributed by atoms with Gasteiger partial charge in [-0.15, -0.1) is 34.0 Å². The van der Waals surface area contributed by atoms with Crippen LogP contribution in [0.5, 0.6) is 0 Å². The Balaban J connectivity index is 1.09. The summed E-state index contributed by atoms with van der Waals surface area (Å²) in [5.74, 6) is -0.695. The van der Waals surface area contributed by atoms with Crippen LogP contribution >= 0.6 is 34.0 Å². The second-order valence-electron chi connectivity index (χ2n) is 20.3. The minimum Gasteiger partial charge on any atom is -0.477 e. The molecule has 1 fully saturated rings. The number of fused-ring (bicyclic) bond motifs is 4. The predicted molar refractivity (Wildman–Crippen MR) is 316 cm³/mol. The second kappa shape index (κ2) is 22.5. The van der Waals surface area contributed by atoms with E-state index in [1.165, 1.54) is 116 Å². The second-order valence-corrected chi connectivity index (χ2v) is 23.5. The number of aryl methyl sites for hydroxylation is 3. The number of nitrogens with zero attached hydrogens (tertiary/aromatic N) is 4. The van der Waals surface area contributed by atoms with Crippen LogP contribution < -0.4 is 4.90 Å². The molecule has 2 atom stereocenters. The third-order valence-electron chi connectivity index (χ3n) is 15.2. The minimum absolute atomic E-state index is 0.273. The normalized spacial score (nSPS) is 15.1. The van der Waals surface area contributed by atoms with Gasteiger partial charge >= 0.3 is 5.97 Å². The molecule has 5 heterocycles. The summed E-state index contributed by atoms with van der Waals surface area (Å²) in [7, 11) is 0. The Morgan fingerprint density at radius 1 is 0.653 bits per heavy atom. The van der Waals surface area contributed by atoms with Gasteiger partial charge in [0.1, 0.15) is 11.6 Å². The number of rotatable bonds is 19. The van der Waals surface area contributed by atoms with Crippen LogP contribution in [0.3, 0.4) is 0 Å². The summed E-state index contributed by atoms with van der Waals surface area (Å²) >= 11 is 5.20. The number of hydrogen-bond acceptors (Lipinski definition) is 8. The van der Waals surface area contributed by atoms with Gasteiger partial charge in [-0.05, 0) is 122 Å². The van der Waals surface area contributed by atoms with Gasteiger partial charge in [-0.25, -0.2) is 14.8 Å². The number of benzene rings is 5. The van der Waals surface area contributed by atoms with Crippen LogP contribution in [0.2, 0.25) is 0 Å². The van der Waals surface area contributed by atoms with Crippen LogP contribution in [0.4, 0.5) is 11.4 Å². The van der Waals surface area contributed by atoms with E-state index >= 15 is 0 Å². The lowest BCUT2D eigenvalue weighted by Crippen LogP contribution is -2.26. The molecule has 5 aromatic carbocycles. The Bertz CT molecular complexity index is 3580. The summed E-state index contributed by atoms with van der Waals surface area (Å²) < 4.78 is 0. The number of carboxylic acid groups (broad SMARTS) is 1. The molecule has 1 saturated carbocycles. The van der Waals surface area contributed by atoms with Crippen LogP contribution in [0.25, 0.3) is 80.7 Å². The molecule has 0 radical (unpaired) electrons.